The second-order valence-corrected chi connectivity index (χ2v) is 8.13. The molecule has 8 nitrogen and oxygen atoms in total. The number of hydrogen-bond donors (Lipinski definition) is 2. The van der Waals surface area contributed by atoms with Crippen molar-refractivity contribution in [2.45, 2.75) is 13.3 Å². The summed E-state index contributed by atoms with van der Waals surface area (Å²) in [4.78, 5) is 29.3. The molecule has 0 spiro atoms. The zero-order valence-corrected chi connectivity index (χ0v) is 20.6. The number of methoxy groups -OCH3 is 1. The summed E-state index contributed by atoms with van der Waals surface area (Å²) in [5.41, 5.74) is 2.97. The van der Waals surface area contributed by atoms with Crippen molar-refractivity contribution in [3.63, 3.8) is 0 Å². The Balaban J connectivity index is 1.74. The van der Waals surface area contributed by atoms with Crippen LogP contribution in [0.15, 0.2) is 42.5 Å². The second kappa shape index (κ2) is 13.1. The standard InChI is InChI=1S/C25H33ClN4O4/c1-3-34-16-6-11-27-25(32)20-17-19(28-24(31)18-26)9-10-21(20)29-12-14-30(15-13-29)22-7-4-5-8-23(22)33-2/h4-5,7-10,17H,3,6,11-16,18H2,1-2H3,(H,27,32)(H,28,31). The van der Waals surface area contributed by atoms with Crippen molar-refractivity contribution in [3.8, 4) is 5.75 Å². The largest absolute Gasteiger partial charge is 0.495 e. The summed E-state index contributed by atoms with van der Waals surface area (Å²) in [7, 11) is 1.68. The zero-order chi connectivity index (χ0) is 24.3. The van der Waals surface area contributed by atoms with E-state index in [1.807, 2.05) is 31.2 Å². The van der Waals surface area contributed by atoms with Crippen LogP contribution < -0.4 is 25.2 Å². The summed E-state index contributed by atoms with van der Waals surface area (Å²) in [5, 5.41) is 5.70. The summed E-state index contributed by atoms with van der Waals surface area (Å²) < 4.78 is 10.9. The van der Waals surface area contributed by atoms with Crippen LogP contribution in [0.25, 0.3) is 0 Å². The fraction of sp³-hybridized carbons (Fsp3) is 0.440. The average molecular weight is 489 g/mol. The highest BCUT2D eigenvalue weighted by Gasteiger charge is 2.23. The molecule has 0 aromatic heterocycles. The molecule has 0 aliphatic carbocycles. The van der Waals surface area contributed by atoms with Crippen molar-refractivity contribution >= 4 is 40.5 Å². The summed E-state index contributed by atoms with van der Waals surface area (Å²) in [6.07, 6.45) is 0.731. The van der Waals surface area contributed by atoms with Gasteiger partial charge in [0.25, 0.3) is 5.91 Å². The number of benzene rings is 2. The van der Waals surface area contributed by atoms with E-state index in [9.17, 15) is 9.59 Å². The van der Waals surface area contributed by atoms with E-state index in [4.69, 9.17) is 21.1 Å². The molecule has 1 heterocycles. The molecular formula is C25H33ClN4O4. The number of rotatable bonds is 11. The van der Waals surface area contributed by atoms with Gasteiger partial charge in [-0.15, -0.1) is 11.6 Å². The van der Waals surface area contributed by atoms with Gasteiger partial charge >= 0.3 is 0 Å². The van der Waals surface area contributed by atoms with Crippen LogP contribution >= 0.6 is 11.6 Å². The second-order valence-electron chi connectivity index (χ2n) is 7.87. The third-order valence-electron chi connectivity index (χ3n) is 5.65. The Labute approximate surface area is 206 Å². The Kier molecular flexibility index (Phi) is 9.85. The number of halogens is 1. The van der Waals surface area contributed by atoms with Gasteiger partial charge in [-0.05, 0) is 43.7 Å². The Morgan fingerprint density at radius 1 is 1.03 bits per heavy atom. The molecule has 2 N–H and O–H groups in total. The Hall–Kier alpha value is -2.97. The van der Waals surface area contributed by atoms with E-state index in [-0.39, 0.29) is 17.7 Å². The molecule has 0 atom stereocenters. The quantitative estimate of drug-likeness (QED) is 0.373. The topological polar surface area (TPSA) is 83.1 Å². The number of piperazine rings is 1. The molecule has 1 aliphatic heterocycles. The highest BCUT2D eigenvalue weighted by Crippen LogP contribution is 2.31. The number of nitrogens with one attached hydrogen (secondary N) is 2. The van der Waals surface area contributed by atoms with Gasteiger partial charge in [0.1, 0.15) is 11.6 Å². The van der Waals surface area contributed by atoms with Crippen molar-refractivity contribution in [3.05, 3.63) is 48.0 Å². The van der Waals surface area contributed by atoms with Crippen molar-refractivity contribution < 1.29 is 19.1 Å². The molecule has 2 aromatic rings. The number of carbonyl (C=O) groups is 2. The number of ether oxygens (including phenoxy) is 2. The highest BCUT2D eigenvalue weighted by molar-refractivity contribution is 6.29. The lowest BCUT2D eigenvalue weighted by Crippen LogP contribution is -2.47. The van der Waals surface area contributed by atoms with Crippen LogP contribution in [0.5, 0.6) is 5.75 Å². The first-order valence-electron chi connectivity index (χ1n) is 11.6. The van der Waals surface area contributed by atoms with Crippen LogP contribution in [0, 0.1) is 0 Å². The minimum atomic E-state index is -0.317. The van der Waals surface area contributed by atoms with E-state index in [1.165, 1.54) is 0 Å². The summed E-state index contributed by atoms with van der Waals surface area (Å²) in [5.74, 6) is 0.206. The Morgan fingerprint density at radius 2 is 1.74 bits per heavy atom. The van der Waals surface area contributed by atoms with Crippen LogP contribution in [0.4, 0.5) is 17.1 Å². The van der Waals surface area contributed by atoms with Crippen LogP contribution in [0.2, 0.25) is 0 Å². The molecule has 1 saturated heterocycles. The van der Waals surface area contributed by atoms with Crippen LogP contribution in [-0.2, 0) is 9.53 Å². The van der Waals surface area contributed by atoms with Gasteiger partial charge in [0.05, 0.1) is 18.4 Å². The maximum absolute atomic E-state index is 13.1. The highest BCUT2D eigenvalue weighted by atomic mass is 35.5. The molecule has 34 heavy (non-hydrogen) atoms. The van der Waals surface area contributed by atoms with Gasteiger partial charge in [0.15, 0.2) is 0 Å². The van der Waals surface area contributed by atoms with Gasteiger partial charge in [-0.2, -0.15) is 0 Å². The maximum Gasteiger partial charge on any atom is 0.253 e. The monoisotopic (exact) mass is 488 g/mol. The molecule has 0 unspecified atom stereocenters. The van der Waals surface area contributed by atoms with Crippen molar-refractivity contribution in [1.29, 1.82) is 0 Å². The lowest BCUT2D eigenvalue weighted by Gasteiger charge is -2.38. The van der Waals surface area contributed by atoms with Crippen LogP contribution in [0.3, 0.4) is 0 Å². The minimum Gasteiger partial charge on any atom is -0.495 e. The molecule has 9 heteroatoms. The molecule has 184 valence electrons. The van der Waals surface area contributed by atoms with Gasteiger partial charge in [0, 0.05) is 57.3 Å². The SMILES string of the molecule is CCOCCCNC(=O)c1cc(NC(=O)CCl)ccc1N1CCN(c2ccccc2OC)CC1. The number of alkyl halides is 1. The van der Waals surface area contributed by atoms with E-state index in [0.717, 1.165) is 49.7 Å². The first-order chi connectivity index (χ1) is 16.6. The number of nitrogens with zero attached hydrogens (tertiary/aromatic N) is 2. The molecular weight excluding hydrogens is 456 g/mol. The van der Waals surface area contributed by atoms with Crippen LogP contribution in [-0.4, -0.2) is 70.7 Å². The van der Waals surface area contributed by atoms with Crippen molar-refractivity contribution in [2.75, 3.05) is 74.0 Å². The molecule has 1 aliphatic rings. The maximum atomic E-state index is 13.1. The van der Waals surface area contributed by atoms with Gasteiger partial charge in [-0.3, -0.25) is 9.59 Å². The summed E-state index contributed by atoms with van der Waals surface area (Å²) in [6.45, 7) is 6.78. The first-order valence-corrected chi connectivity index (χ1v) is 12.1. The van der Waals surface area contributed by atoms with E-state index >= 15 is 0 Å². The third kappa shape index (κ3) is 6.77. The normalized spacial score (nSPS) is 13.5. The molecule has 1 fully saturated rings. The van der Waals surface area contributed by atoms with Gasteiger partial charge in [-0.1, -0.05) is 12.1 Å². The van der Waals surface area contributed by atoms with E-state index in [2.05, 4.69) is 26.5 Å². The van der Waals surface area contributed by atoms with E-state index in [1.54, 1.807) is 19.2 Å². The lowest BCUT2D eigenvalue weighted by molar-refractivity contribution is -0.113. The molecule has 0 bridgehead atoms. The van der Waals surface area contributed by atoms with E-state index in [0.29, 0.717) is 31.0 Å². The fourth-order valence-electron chi connectivity index (χ4n) is 3.96. The molecule has 0 radical (unpaired) electrons. The minimum absolute atomic E-state index is 0.147. The zero-order valence-electron chi connectivity index (χ0n) is 19.8. The molecule has 2 aromatic carbocycles. The number of para-hydroxylation sites is 2. The lowest BCUT2D eigenvalue weighted by atomic mass is 10.1. The van der Waals surface area contributed by atoms with Crippen molar-refractivity contribution in [2.24, 2.45) is 0 Å². The summed E-state index contributed by atoms with van der Waals surface area (Å²) in [6, 6.07) is 13.4. The van der Waals surface area contributed by atoms with Gasteiger partial charge < -0.3 is 29.9 Å². The third-order valence-corrected chi connectivity index (χ3v) is 5.89. The Bertz CT molecular complexity index is 964. The smallest absolute Gasteiger partial charge is 0.253 e. The van der Waals surface area contributed by atoms with Gasteiger partial charge in [0.2, 0.25) is 5.91 Å². The van der Waals surface area contributed by atoms with Crippen LogP contribution in [0.1, 0.15) is 23.7 Å². The fourth-order valence-corrected chi connectivity index (χ4v) is 4.03. The van der Waals surface area contributed by atoms with Gasteiger partial charge in [-0.25, -0.2) is 0 Å². The Morgan fingerprint density at radius 3 is 2.41 bits per heavy atom. The van der Waals surface area contributed by atoms with Crippen molar-refractivity contribution in [1.82, 2.24) is 5.32 Å². The predicted molar refractivity (Wildman–Crippen MR) is 137 cm³/mol. The average Bonchev–Trinajstić information content (AvgIpc) is 2.88. The molecule has 2 amide bonds. The predicted octanol–water partition coefficient (Wildman–Crippen LogP) is 3.36. The number of carbonyl (C=O) groups excluding carboxylic acids is 2. The number of hydrogen-bond acceptors (Lipinski definition) is 6. The number of anilines is 3. The summed E-state index contributed by atoms with van der Waals surface area (Å²) >= 11 is 5.63. The number of amides is 2. The molecule has 0 saturated carbocycles. The van der Waals surface area contributed by atoms with E-state index < -0.39 is 0 Å². The molecule has 3 rings (SSSR count). The first kappa shape index (κ1) is 25.6.